The second-order valence-corrected chi connectivity index (χ2v) is 14.3. The third-order valence-electron chi connectivity index (χ3n) is 5.69. The molecule has 5 aromatic rings. The molecule has 11 heteroatoms. The summed E-state index contributed by atoms with van der Waals surface area (Å²) in [6, 6.07) is 39.5. The normalized spacial score (nSPS) is 11.9. The fraction of sp³-hybridized carbons (Fsp3) is 0.0357. The predicted octanol–water partition coefficient (Wildman–Crippen LogP) is -0.391. The van der Waals surface area contributed by atoms with Crippen molar-refractivity contribution in [2.24, 2.45) is 0 Å². The van der Waals surface area contributed by atoms with Gasteiger partial charge in [-0.25, -0.2) is 27.1 Å². The van der Waals surface area contributed by atoms with E-state index in [9.17, 15) is 8.42 Å². The van der Waals surface area contributed by atoms with Gasteiger partial charge in [0.2, 0.25) is 15.7 Å². The van der Waals surface area contributed by atoms with Gasteiger partial charge in [-0.05, 0) is 48.5 Å². The molecule has 200 valence electrons. The Morgan fingerprint density at radius 1 is 0.641 bits per heavy atom. The van der Waals surface area contributed by atoms with Crippen LogP contribution in [0.15, 0.2) is 131 Å². The summed E-state index contributed by atoms with van der Waals surface area (Å²) in [5, 5.41) is 2.93. The number of benzene rings is 4. The van der Waals surface area contributed by atoms with Crippen molar-refractivity contribution in [3.05, 3.63) is 121 Å². The molecule has 0 bridgehead atoms. The predicted molar refractivity (Wildman–Crippen MR) is 140 cm³/mol. The molecule has 5 rings (SSSR count). The van der Waals surface area contributed by atoms with E-state index in [1.54, 1.807) is 0 Å². The van der Waals surface area contributed by atoms with Crippen LogP contribution in [0.2, 0.25) is 0 Å². The minimum absolute atomic E-state index is 0.0868. The van der Waals surface area contributed by atoms with Crippen molar-refractivity contribution in [3.63, 3.8) is 0 Å². The van der Waals surface area contributed by atoms with E-state index in [4.69, 9.17) is 28.0 Å². The standard InChI is InChI=1S/C28H23NO3PS.ClHO4/c1-34(30,31)28-27(29-26(32-28)22-14-6-2-7-15-22)33(23-16-8-3-9-17-23,24-18-10-4-11-19-24)25-20-12-5-13-21-25;2-1(3,4)5/h2-21H,1H3;(H,2,3,4,5)/q+1;/p-1. The van der Waals surface area contributed by atoms with Crippen molar-refractivity contribution in [1.29, 1.82) is 0 Å². The summed E-state index contributed by atoms with van der Waals surface area (Å²) in [5.41, 5.74) is 1.18. The summed E-state index contributed by atoms with van der Waals surface area (Å²) in [6.45, 7) is 0. The molecule has 4 aromatic carbocycles. The van der Waals surface area contributed by atoms with Crippen LogP contribution in [0.3, 0.4) is 0 Å². The highest BCUT2D eigenvalue weighted by molar-refractivity contribution is 8.02. The van der Waals surface area contributed by atoms with Gasteiger partial charge < -0.3 is 4.42 Å². The van der Waals surface area contributed by atoms with E-state index in [2.05, 4.69) is 36.4 Å². The second-order valence-electron chi connectivity index (χ2n) is 8.32. The monoisotopic (exact) mass is 583 g/mol. The summed E-state index contributed by atoms with van der Waals surface area (Å²) in [4.78, 5) is 4.95. The third-order valence-corrected chi connectivity index (χ3v) is 10.9. The number of hydrogen-bond acceptors (Lipinski definition) is 8. The van der Waals surface area contributed by atoms with Gasteiger partial charge in [0.05, 0.1) is 0 Å². The average Bonchev–Trinajstić information content (AvgIpc) is 3.37. The van der Waals surface area contributed by atoms with E-state index < -0.39 is 27.3 Å². The zero-order valence-corrected chi connectivity index (χ0v) is 23.1. The van der Waals surface area contributed by atoms with Gasteiger partial charge in [0.25, 0.3) is 10.5 Å². The van der Waals surface area contributed by atoms with Gasteiger partial charge >= 0.3 is 0 Å². The van der Waals surface area contributed by atoms with Crippen LogP contribution in [0.25, 0.3) is 11.5 Å². The third kappa shape index (κ3) is 6.61. The van der Waals surface area contributed by atoms with Crippen LogP contribution in [-0.4, -0.2) is 19.7 Å². The molecule has 39 heavy (non-hydrogen) atoms. The summed E-state index contributed by atoms with van der Waals surface area (Å²) in [5.74, 6) is 0.295. The van der Waals surface area contributed by atoms with Crippen molar-refractivity contribution in [2.45, 2.75) is 5.09 Å². The lowest BCUT2D eigenvalue weighted by molar-refractivity contribution is -2.00. The minimum atomic E-state index is -4.94. The minimum Gasteiger partial charge on any atom is -0.421 e. The highest BCUT2D eigenvalue weighted by Gasteiger charge is 2.54. The molecule has 0 aliphatic rings. The van der Waals surface area contributed by atoms with Crippen LogP contribution < -0.4 is 40.0 Å². The van der Waals surface area contributed by atoms with Gasteiger partial charge in [-0.15, -0.1) is 10.2 Å². The van der Waals surface area contributed by atoms with E-state index in [0.29, 0.717) is 11.3 Å². The van der Waals surface area contributed by atoms with Crippen LogP contribution in [0.5, 0.6) is 0 Å². The number of nitrogens with zero attached hydrogens (tertiary/aromatic N) is 1. The number of sulfone groups is 1. The van der Waals surface area contributed by atoms with Gasteiger partial charge in [0.1, 0.15) is 15.9 Å². The Morgan fingerprint density at radius 2 is 0.974 bits per heavy atom. The summed E-state index contributed by atoms with van der Waals surface area (Å²) in [6.07, 6.45) is 1.18. The molecule has 0 radical (unpaired) electrons. The molecule has 1 aromatic heterocycles. The van der Waals surface area contributed by atoms with Crippen molar-refractivity contribution in [3.8, 4) is 11.5 Å². The first-order valence-electron chi connectivity index (χ1n) is 11.5. The van der Waals surface area contributed by atoms with E-state index in [1.807, 2.05) is 84.9 Å². The molecule has 0 unspecified atom stereocenters. The average molecular weight is 584 g/mol. The molecule has 0 spiro atoms. The van der Waals surface area contributed by atoms with Gasteiger partial charge in [0, 0.05) is 11.8 Å². The molecule has 8 nitrogen and oxygen atoms in total. The Morgan fingerprint density at radius 3 is 1.31 bits per heavy atom. The summed E-state index contributed by atoms with van der Waals surface area (Å²) in [7, 11) is -11.4. The summed E-state index contributed by atoms with van der Waals surface area (Å²) < 4.78 is 66.3. The highest BCUT2D eigenvalue weighted by atomic mass is 35.7. The molecule has 0 amide bonds. The van der Waals surface area contributed by atoms with Crippen LogP contribution in [0.1, 0.15) is 0 Å². The van der Waals surface area contributed by atoms with Gasteiger partial charge in [-0.3, -0.25) is 0 Å². The molecule has 0 saturated carbocycles. The van der Waals surface area contributed by atoms with E-state index in [1.165, 1.54) is 6.26 Å². The lowest BCUT2D eigenvalue weighted by Crippen LogP contribution is -2.68. The molecule has 0 aliphatic carbocycles. The molecule has 0 atom stereocenters. The Hall–Kier alpha value is -3.40. The lowest BCUT2D eigenvalue weighted by Gasteiger charge is -2.25. The Labute approximate surface area is 228 Å². The maximum absolute atomic E-state index is 13.1. The molecule has 1 heterocycles. The number of hydrogen-bond donors (Lipinski definition) is 0. The first kappa shape index (κ1) is 28.6. The number of oxazole rings is 1. The number of halogens is 1. The Kier molecular flexibility index (Phi) is 8.64. The first-order valence-corrected chi connectivity index (χ1v) is 16.4. The SMILES string of the molecule is CS(=O)(=O)c1oc(-c2ccccc2)nc1[P+](c1ccccc1)(c1ccccc1)c1ccccc1.[O-][Cl+3]([O-])([O-])[O-]. The number of aromatic nitrogens is 1. The summed E-state index contributed by atoms with van der Waals surface area (Å²) >= 11 is 0. The molecular weight excluding hydrogens is 561 g/mol. The number of rotatable bonds is 6. The Balaban J connectivity index is 0.000000648. The largest absolute Gasteiger partial charge is 0.421 e. The quantitative estimate of drug-likeness (QED) is 0.245. The highest BCUT2D eigenvalue weighted by Crippen LogP contribution is 2.55. The van der Waals surface area contributed by atoms with Gasteiger partial charge in [-0.1, -0.05) is 72.8 Å². The van der Waals surface area contributed by atoms with Crippen molar-refractivity contribution in [2.75, 3.05) is 6.26 Å². The molecule has 0 N–H and O–H groups in total. The van der Waals surface area contributed by atoms with Crippen LogP contribution in [0, 0.1) is 10.2 Å². The maximum atomic E-state index is 13.1. The molecule has 0 aliphatic heterocycles. The van der Waals surface area contributed by atoms with Crippen molar-refractivity contribution in [1.82, 2.24) is 4.98 Å². The van der Waals surface area contributed by atoms with Crippen LogP contribution in [0.4, 0.5) is 0 Å². The Bertz CT molecular complexity index is 1510. The maximum Gasteiger partial charge on any atom is 0.283 e. The van der Waals surface area contributed by atoms with Crippen molar-refractivity contribution < 1.29 is 41.7 Å². The fourth-order valence-electron chi connectivity index (χ4n) is 4.22. The smallest absolute Gasteiger partial charge is 0.283 e. The zero-order chi connectivity index (χ0) is 28.1. The van der Waals surface area contributed by atoms with Gasteiger partial charge in [-0.2, -0.15) is 4.98 Å². The van der Waals surface area contributed by atoms with Crippen LogP contribution in [-0.2, 0) is 9.84 Å². The second kappa shape index (κ2) is 11.8. The molecule has 0 fully saturated rings. The molecular formula is C28H23ClNO7PS. The topological polar surface area (TPSA) is 152 Å². The molecule has 0 saturated heterocycles. The lowest BCUT2D eigenvalue weighted by atomic mass is 10.2. The van der Waals surface area contributed by atoms with E-state index in [-0.39, 0.29) is 5.09 Å². The van der Waals surface area contributed by atoms with Gasteiger partial charge in [0.15, 0.2) is 7.26 Å². The fourth-order valence-corrected chi connectivity index (χ4v) is 9.79. The first-order chi connectivity index (χ1) is 18.5. The van der Waals surface area contributed by atoms with E-state index >= 15 is 0 Å². The van der Waals surface area contributed by atoms with Crippen LogP contribution >= 0.6 is 7.26 Å². The zero-order valence-electron chi connectivity index (χ0n) is 20.6. The van der Waals surface area contributed by atoms with E-state index in [0.717, 1.165) is 21.5 Å². The van der Waals surface area contributed by atoms with Crippen molar-refractivity contribution >= 4 is 38.4 Å².